The minimum atomic E-state index is -0.765. The lowest BCUT2D eigenvalue weighted by atomic mass is 9.96. The number of carbonyl (C=O) groups excluding carboxylic acids is 3. The molecule has 1 atom stereocenters. The number of hydrogen-bond donors (Lipinski definition) is 2. The number of nitrogens with zero attached hydrogens (tertiary/aromatic N) is 1. The summed E-state index contributed by atoms with van der Waals surface area (Å²) in [7, 11) is 0. The van der Waals surface area contributed by atoms with Crippen LogP contribution in [0.5, 0.6) is 11.5 Å². The van der Waals surface area contributed by atoms with Gasteiger partial charge in [0.25, 0.3) is 5.91 Å². The monoisotopic (exact) mass is 467 g/mol. The van der Waals surface area contributed by atoms with Gasteiger partial charge >= 0.3 is 0 Å². The highest BCUT2D eigenvalue weighted by Crippen LogP contribution is 2.22. The number of aryl methyl sites for hydroxylation is 1. The SMILES string of the molecule is Cc1cccc(OC(C)C(=O)NNC(=O)C2CCN(C(=O)CCOc3ccccc3)CC2)c1C. The zero-order valence-electron chi connectivity index (χ0n) is 20.0. The normalized spacial score (nSPS) is 14.7. The van der Waals surface area contributed by atoms with Crippen molar-refractivity contribution in [2.75, 3.05) is 19.7 Å². The minimum Gasteiger partial charge on any atom is -0.493 e. The molecule has 1 fully saturated rings. The van der Waals surface area contributed by atoms with Crippen LogP contribution in [0, 0.1) is 19.8 Å². The van der Waals surface area contributed by atoms with Crippen LogP contribution in [0.25, 0.3) is 0 Å². The predicted molar refractivity (Wildman–Crippen MR) is 128 cm³/mol. The Morgan fingerprint density at radius 2 is 1.71 bits per heavy atom. The fourth-order valence-electron chi connectivity index (χ4n) is 3.74. The number of likely N-dealkylation sites (tertiary alicyclic amines) is 1. The van der Waals surface area contributed by atoms with Crippen LogP contribution in [0.15, 0.2) is 48.5 Å². The van der Waals surface area contributed by atoms with Crippen LogP contribution in [0.3, 0.4) is 0 Å². The molecule has 0 aliphatic carbocycles. The predicted octanol–water partition coefficient (Wildman–Crippen LogP) is 2.93. The number of hydrazine groups is 1. The first-order valence-corrected chi connectivity index (χ1v) is 11.6. The molecule has 1 aliphatic rings. The Morgan fingerprint density at radius 3 is 2.41 bits per heavy atom. The van der Waals surface area contributed by atoms with Gasteiger partial charge in [-0.3, -0.25) is 25.2 Å². The van der Waals surface area contributed by atoms with E-state index in [9.17, 15) is 14.4 Å². The third-order valence-corrected chi connectivity index (χ3v) is 6.08. The number of benzene rings is 2. The number of nitrogens with one attached hydrogen (secondary N) is 2. The fraction of sp³-hybridized carbons (Fsp3) is 0.423. The van der Waals surface area contributed by atoms with E-state index >= 15 is 0 Å². The maximum Gasteiger partial charge on any atom is 0.279 e. The van der Waals surface area contributed by atoms with Gasteiger partial charge in [0.1, 0.15) is 11.5 Å². The molecule has 8 nitrogen and oxygen atoms in total. The van der Waals surface area contributed by atoms with Crippen LogP contribution in [-0.4, -0.2) is 48.4 Å². The van der Waals surface area contributed by atoms with Crippen molar-refractivity contribution in [1.29, 1.82) is 0 Å². The molecule has 2 aromatic rings. The lowest BCUT2D eigenvalue weighted by Crippen LogP contribution is -2.51. The van der Waals surface area contributed by atoms with Crippen molar-refractivity contribution < 1.29 is 23.9 Å². The highest BCUT2D eigenvalue weighted by Gasteiger charge is 2.28. The molecular weight excluding hydrogens is 434 g/mol. The quantitative estimate of drug-likeness (QED) is 0.582. The molecule has 0 bridgehead atoms. The van der Waals surface area contributed by atoms with E-state index < -0.39 is 12.0 Å². The first-order valence-electron chi connectivity index (χ1n) is 11.6. The van der Waals surface area contributed by atoms with Crippen molar-refractivity contribution in [3.8, 4) is 11.5 Å². The second-order valence-electron chi connectivity index (χ2n) is 8.50. The molecule has 1 unspecified atom stereocenters. The van der Waals surface area contributed by atoms with Gasteiger partial charge in [-0.2, -0.15) is 0 Å². The molecule has 1 heterocycles. The third kappa shape index (κ3) is 6.97. The van der Waals surface area contributed by atoms with Gasteiger partial charge in [0.2, 0.25) is 11.8 Å². The summed E-state index contributed by atoms with van der Waals surface area (Å²) < 4.78 is 11.3. The van der Waals surface area contributed by atoms with Gasteiger partial charge in [-0.05, 0) is 62.9 Å². The molecule has 1 saturated heterocycles. The minimum absolute atomic E-state index is 0.0144. The molecule has 0 spiro atoms. The zero-order valence-corrected chi connectivity index (χ0v) is 20.0. The molecule has 0 aromatic heterocycles. The zero-order chi connectivity index (χ0) is 24.5. The first-order chi connectivity index (χ1) is 16.3. The van der Waals surface area contributed by atoms with Crippen LogP contribution in [-0.2, 0) is 14.4 Å². The van der Waals surface area contributed by atoms with Crippen molar-refractivity contribution in [1.82, 2.24) is 15.8 Å². The van der Waals surface area contributed by atoms with Gasteiger partial charge in [0.15, 0.2) is 6.10 Å². The second kappa shape index (κ2) is 12.1. The summed E-state index contributed by atoms with van der Waals surface area (Å²) in [5, 5.41) is 0. The largest absolute Gasteiger partial charge is 0.493 e. The van der Waals surface area contributed by atoms with Crippen molar-refractivity contribution in [3.05, 3.63) is 59.7 Å². The lowest BCUT2D eigenvalue weighted by molar-refractivity contribution is -0.137. The van der Waals surface area contributed by atoms with E-state index in [2.05, 4.69) is 10.9 Å². The van der Waals surface area contributed by atoms with Crippen molar-refractivity contribution in [2.45, 2.75) is 46.1 Å². The molecule has 0 saturated carbocycles. The Kier molecular flexibility index (Phi) is 8.90. The summed E-state index contributed by atoms with van der Waals surface area (Å²) in [6.45, 7) is 6.87. The lowest BCUT2D eigenvalue weighted by Gasteiger charge is -2.31. The number of carbonyl (C=O) groups is 3. The van der Waals surface area contributed by atoms with Gasteiger partial charge in [-0.1, -0.05) is 30.3 Å². The molecule has 34 heavy (non-hydrogen) atoms. The van der Waals surface area contributed by atoms with E-state index in [0.717, 1.165) is 16.9 Å². The molecule has 182 valence electrons. The van der Waals surface area contributed by atoms with E-state index in [1.807, 2.05) is 62.4 Å². The fourth-order valence-corrected chi connectivity index (χ4v) is 3.74. The average molecular weight is 468 g/mol. The van der Waals surface area contributed by atoms with E-state index in [4.69, 9.17) is 9.47 Å². The molecule has 2 N–H and O–H groups in total. The summed E-state index contributed by atoms with van der Waals surface area (Å²) in [6.07, 6.45) is 0.613. The standard InChI is InChI=1S/C26H33N3O5/c1-18-8-7-11-23(19(18)2)34-20(3)25(31)27-28-26(32)21-12-15-29(16-13-21)24(30)14-17-33-22-9-5-4-6-10-22/h4-11,20-21H,12-17H2,1-3H3,(H,27,31)(H,28,32). The number of hydrogen-bond acceptors (Lipinski definition) is 5. The highest BCUT2D eigenvalue weighted by molar-refractivity contribution is 5.85. The second-order valence-corrected chi connectivity index (χ2v) is 8.50. The summed E-state index contributed by atoms with van der Waals surface area (Å²) in [4.78, 5) is 39.0. The Morgan fingerprint density at radius 1 is 1.00 bits per heavy atom. The summed E-state index contributed by atoms with van der Waals surface area (Å²) in [6, 6.07) is 15.0. The number of ether oxygens (including phenoxy) is 2. The van der Waals surface area contributed by atoms with E-state index in [1.165, 1.54) is 0 Å². The maximum absolute atomic E-state index is 12.5. The van der Waals surface area contributed by atoms with E-state index in [-0.39, 0.29) is 17.7 Å². The smallest absolute Gasteiger partial charge is 0.279 e. The number of rotatable bonds is 8. The molecule has 8 heteroatoms. The van der Waals surface area contributed by atoms with Crippen molar-refractivity contribution in [2.24, 2.45) is 5.92 Å². The van der Waals surface area contributed by atoms with Crippen LogP contribution in [0.2, 0.25) is 0 Å². The molecule has 3 rings (SSSR count). The van der Waals surface area contributed by atoms with Gasteiger partial charge in [-0.25, -0.2) is 0 Å². The van der Waals surface area contributed by atoms with Gasteiger partial charge in [-0.15, -0.1) is 0 Å². The maximum atomic E-state index is 12.5. The van der Waals surface area contributed by atoms with E-state index in [1.54, 1.807) is 11.8 Å². The summed E-state index contributed by atoms with van der Waals surface area (Å²) >= 11 is 0. The van der Waals surface area contributed by atoms with Gasteiger partial charge < -0.3 is 14.4 Å². The van der Waals surface area contributed by atoms with Crippen LogP contribution in [0.1, 0.15) is 37.3 Å². The molecule has 0 radical (unpaired) electrons. The summed E-state index contributed by atoms with van der Waals surface area (Å²) in [5.74, 6) is 0.439. The van der Waals surface area contributed by atoms with Crippen molar-refractivity contribution in [3.63, 3.8) is 0 Å². The van der Waals surface area contributed by atoms with Crippen LogP contribution >= 0.6 is 0 Å². The Bertz CT molecular complexity index is 987. The number of amides is 3. The topological polar surface area (TPSA) is 97.0 Å². The molecule has 1 aliphatic heterocycles. The Balaban J connectivity index is 1.35. The third-order valence-electron chi connectivity index (χ3n) is 6.08. The molecule has 3 amide bonds. The Hall–Kier alpha value is -3.55. The average Bonchev–Trinajstić information content (AvgIpc) is 2.85. The number of para-hydroxylation sites is 1. The highest BCUT2D eigenvalue weighted by atomic mass is 16.5. The molecule has 2 aromatic carbocycles. The Labute approximate surface area is 200 Å². The van der Waals surface area contributed by atoms with Gasteiger partial charge in [0.05, 0.1) is 13.0 Å². The molecular formula is C26H33N3O5. The number of piperidine rings is 1. The van der Waals surface area contributed by atoms with Crippen molar-refractivity contribution >= 4 is 17.7 Å². The first kappa shape index (κ1) is 25.1. The van der Waals surface area contributed by atoms with E-state index in [0.29, 0.717) is 44.7 Å². The van der Waals surface area contributed by atoms with Gasteiger partial charge in [0, 0.05) is 19.0 Å². The van der Waals surface area contributed by atoms with Crippen LogP contribution in [0.4, 0.5) is 0 Å². The van der Waals surface area contributed by atoms with Crippen LogP contribution < -0.4 is 20.3 Å². The summed E-state index contributed by atoms with van der Waals surface area (Å²) in [5.41, 5.74) is 7.00.